The largest absolute Gasteiger partial charge is 0.374 e. The molecule has 4 nitrogen and oxygen atoms in total. The van der Waals surface area contributed by atoms with Gasteiger partial charge in [-0.2, -0.15) is 0 Å². The number of hydrogen-bond acceptors (Lipinski definition) is 3. The van der Waals surface area contributed by atoms with Crippen molar-refractivity contribution < 1.29 is 9.53 Å². The first-order valence-electron chi connectivity index (χ1n) is 6.95. The first-order chi connectivity index (χ1) is 8.31. The Hall–Kier alpha value is -0.610. The number of rotatable bonds is 3. The molecule has 0 aromatic heterocycles. The van der Waals surface area contributed by atoms with E-state index in [0.29, 0.717) is 25.2 Å². The number of nitrogens with one attached hydrogen (secondary N) is 2. The standard InChI is InChI=1S/C13H20N2O2/c16-11-2-1-9(15-11)6-17-13-7-3-8-5-14-12(13)10(8)4-7/h7-10,12-14H,1-6H2,(H,15,16). The van der Waals surface area contributed by atoms with Gasteiger partial charge in [-0.1, -0.05) is 0 Å². The topological polar surface area (TPSA) is 50.4 Å². The molecule has 94 valence electrons. The average Bonchev–Trinajstić information content (AvgIpc) is 2.98. The van der Waals surface area contributed by atoms with Gasteiger partial charge < -0.3 is 15.4 Å². The maximum atomic E-state index is 11.1. The van der Waals surface area contributed by atoms with Crippen molar-refractivity contribution in [2.75, 3.05) is 13.2 Å². The van der Waals surface area contributed by atoms with Gasteiger partial charge >= 0.3 is 0 Å². The second-order valence-electron chi connectivity index (χ2n) is 6.19. The van der Waals surface area contributed by atoms with Crippen LogP contribution < -0.4 is 10.6 Å². The molecule has 2 aliphatic carbocycles. The third-order valence-electron chi connectivity index (χ3n) is 5.26. The highest BCUT2D eigenvalue weighted by molar-refractivity contribution is 5.78. The number of ether oxygens (including phenoxy) is 1. The normalized spacial score (nSPS) is 51.2. The summed E-state index contributed by atoms with van der Waals surface area (Å²) in [6, 6.07) is 0.870. The zero-order valence-electron chi connectivity index (χ0n) is 10.0. The number of carbonyl (C=O) groups is 1. The molecule has 2 N–H and O–H groups in total. The molecule has 2 aliphatic heterocycles. The number of amides is 1. The lowest BCUT2D eigenvalue weighted by molar-refractivity contribution is -0.119. The van der Waals surface area contributed by atoms with Gasteiger partial charge in [0.05, 0.1) is 18.8 Å². The van der Waals surface area contributed by atoms with E-state index in [9.17, 15) is 4.79 Å². The summed E-state index contributed by atoms with van der Waals surface area (Å²) < 4.78 is 6.12. The third-order valence-corrected chi connectivity index (χ3v) is 5.26. The molecule has 0 spiro atoms. The predicted octanol–water partition coefficient (Wildman–Crippen LogP) is 0.278. The molecule has 1 amide bonds. The molecule has 17 heavy (non-hydrogen) atoms. The van der Waals surface area contributed by atoms with E-state index in [1.165, 1.54) is 19.4 Å². The van der Waals surface area contributed by atoms with Crippen molar-refractivity contribution in [3.05, 3.63) is 0 Å². The highest BCUT2D eigenvalue weighted by Crippen LogP contribution is 2.52. The van der Waals surface area contributed by atoms with Crippen LogP contribution in [0, 0.1) is 17.8 Å². The summed E-state index contributed by atoms with van der Waals surface area (Å²) >= 11 is 0. The lowest BCUT2D eigenvalue weighted by Crippen LogP contribution is -2.42. The monoisotopic (exact) mass is 236 g/mol. The molecule has 0 radical (unpaired) electrons. The van der Waals surface area contributed by atoms with Gasteiger partial charge in [-0.15, -0.1) is 0 Å². The fourth-order valence-corrected chi connectivity index (χ4v) is 4.51. The Labute approximate surface area is 101 Å². The SMILES string of the molecule is O=C1CCC(COC2C3CC4CNC2C4C3)N1. The minimum absolute atomic E-state index is 0.186. The van der Waals surface area contributed by atoms with Gasteiger partial charge in [0.1, 0.15) is 0 Å². The maximum absolute atomic E-state index is 11.1. The van der Waals surface area contributed by atoms with Crippen LogP contribution in [0.5, 0.6) is 0 Å². The minimum atomic E-state index is 0.186. The molecule has 4 aliphatic rings. The maximum Gasteiger partial charge on any atom is 0.220 e. The van der Waals surface area contributed by atoms with Crippen LogP contribution in [0.15, 0.2) is 0 Å². The van der Waals surface area contributed by atoms with Gasteiger partial charge in [0, 0.05) is 12.5 Å². The van der Waals surface area contributed by atoms with Crippen LogP contribution >= 0.6 is 0 Å². The molecule has 4 heteroatoms. The highest BCUT2D eigenvalue weighted by atomic mass is 16.5. The van der Waals surface area contributed by atoms with Crippen LogP contribution in [0.25, 0.3) is 0 Å². The molecule has 2 bridgehead atoms. The Morgan fingerprint density at radius 1 is 1.29 bits per heavy atom. The summed E-state index contributed by atoms with van der Waals surface area (Å²) in [6.07, 6.45) is 4.76. The van der Waals surface area contributed by atoms with Gasteiger partial charge in [-0.25, -0.2) is 0 Å². The smallest absolute Gasteiger partial charge is 0.220 e. The molecule has 4 rings (SSSR count). The van der Waals surface area contributed by atoms with Gasteiger partial charge in [-0.05, 0) is 43.6 Å². The summed E-state index contributed by atoms with van der Waals surface area (Å²) in [5.74, 6) is 2.77. The van der Waals surface area contributed by atoms with E-state index >= 15 is 0 Å². The number of hydrogen-bond donors (Lipinski definition) is 2. The molecular weight excluding hydrogens is 216 g/mol. The second-order valence-corrected chi connectivity index (χ2v) is 6.19. The van der Waals surface area contributed by atoms with Gasteiger partial charge in [0.25, 0.3) is 0 Å². The van der Waals surface area contributed by atoms with Crippen molar-refractivity contribution in [2.24, 2.45) is 17.8 Å². The lowest BCUT2D eigenvalue weighted by Gasteiger charge is -2.28. The summed E-state index contributed by atoms with van der Waals surface area (Å²) in [7, 11) is 0. The number of carbonyl (C=O) groups excluding carboxylic acids is 1. The van der Waals surface area contributed by atoms with Crippen LogP contribution in [0.1, 0.15) is 25.7 Å². The zero-order chi connectivity index (χ0) is 11.4. The summed E-state index contributed by atoms with van der Waals surface area (Å²) in [4.78, 5) is 11.1. The van der Waals surface area contributed by atoms with Gasteiger partial charge in [0.2, 0.25) is 5.91 Å². The van der Waals surface area contributed by atoms with Crippen LogP contribution in [0.3, 0.4) is 0 Å². The molecule has 6 unspecified atom stereocenters. The minimum Gasteiger partial charge on any atom is -0.374 e. The average molecular weight is 236 g/mol. The van der Waals surface area contributed by atoms with E-state index in [0.717, 1.165) is 24.2 Å². The van der Waals surface area contributed by atoms with Crippen LogP contribution in [-0.2, 0) is 9.53 Å². The molecule has 2 saturated heterocycles. The Morgan fingerprint density at radius 2 is 2.24 bits per heavy atom. The molecule has 6 atom stereocenters. The van der Waals surface area contributed by atoms with Crippen molar-refractivity contribution in [1.29, 1.82) is 0 Å². The Morgan fingerprint density at radius 3 is 3.06 bits per heavy atom. The quantitative estimate of drug-likeness (QED) is 0.740. The van der Waals surface area contributed by atoms with Gasteiger partial charge in [-0.3, -0.25) is 4.79 Å². The zero-order valence-corrected chi connectivity index (χ0v) is 10.0. The van der Waals surface area contributed by atoms with Crippen molar-refractivity contribution >= 4 is 5.91 Å². The number of fused-ring (bicyclic) bond motifs is 1. The molecule has 2 heterocycles. The summed E-state index contributed by atoms with van der Waals surface area (Å²) in [5.41, 5.74) is 0. The van der Waals surface area contributed by atoms with Crippen LogP contribution in [0.2, 0.25) is 0 Å². The van der Waals surface area contributed by atoms with Crippen molar-refractivity contribution in [2.45, 2.75) is 43.9 Å². The summed E-state index contributed by atoms with van der Waals surface area (Å²) in [6.45, 7) is 1.91. The molecule has 4 fully saturated rings. The van der Waals surface area contributed by atoms with E-state index in [1.807, 2.05) is 0 Å². The van der Waals surface area contributed by atoms with E-state index in [1.54, 1.807) is 0 Å². The molecule has 0 aromatic carbocycles. The van der Waals surface area contributed by atoms with Crippen LogP contribution in [0.4, 0.5) is 0 Å². The highest BCUT2D eigenvalue weighted by Gasteiger charge is 2.56. The summed E-state index contributed by atoms with van der Waals surface area (Å²) in [5, 5.41) is 6.61. The Kier molecular flexibility index (Phi) is 2.24. The van der Waals surface area contributed by atoms with Crippen molar-refractivity contribution in [3.63, 3.8) is 0 Å². The fraction of sp³-hybridized carbons (Fsp3) is 0.923. The van der Waals surface area contributed by atoms with Crippen molar-refractivity contribution in [3.8, 4) is 0 Å². The predicted molar refractivity (Wildman–Crippen MR) is 62.4 cm³/mol. The van der Waals surface area contributed by atoms with E-state index in [4.69, 9.17) is 4.74 Å². The van der Waals surface area contributed by atoms with Gasteiger partial charge in [0.15, 0.2) is 0 Å². The first-order valence-corrected chi connectivity index (χ1v) is 6.95. The fourth-order valence-electron chi connectivity index (χ4n) is 4.51. The third kappa shape index (κ3) is 1.54. The lowest BCUT2D eigenvalue weighted by atomic mass is 9.88. The molecule has 0 aromatic rings. The van der Waals surface area contributed by atoms with E-state index < -0.39 is 0 Å². The Balaban J connectivity index is 1.36. The Bertz CT molecular complexity index is 344. The second kappa shape index (κ2) is 3.69. The van der Waals surface area contributed by atoms with E-state index in [2.05, 4.69) is 10.6 Å². The molecule has 2 saturated carbocycles. The molecular formula is C13H20N2O2. The first kappa shape index (κ1) is 10.3. The van der Waals surface area contributed by atoms with Crippen molar-refractivity contribution in [1.82, 2.24) is 10.6 Å². The van der Waals surface area contributed by atoms with Crippen LogP contribution in [-0.4, -0.2) is 37.2 Å². The van der Waals surface area contributed by atoms with E-state index in [-0.39, 0.29) is 11.9 Å².